The van der Waals surface area contributed by atoms with Crippen molar-refractivity contribution in [3.8, 4) is 0 Å². The van der Waals surface area contributed by atoms with Gasteiger partial charge in [-0.3, -0.25) is 9.00 Å². The molecule has 0 saturated heterocycles. The molecule has 0 aliphatic carbocycles. The van der Waals surface area contributed by atoms with Crippen molar-refractivity contribution >= 4 is 16.7 Å². The summed E-state index contributed by atoms with van der Waals surface area (Å²) < 4.78 is 10.9. The van der Waals surface area contributed by atoms with E-state index in [1.54, 1.807) is 19.3 Å². The van der Waals surface area contributed by atoms with E-state index in [0.717, 1.165) is 6.42 Å². The molecule has 0 bridgehead atoms. The maximum atomic E-state index is 10.9. The van der Waals surface area contributed by atoms with Crippen molar-refractivity contribution in [3.63, 3.8) is 0 Å². The first-order valence-corrected chi connectivity index (χ1v) is 5.92. The van der Waals surface area contributed by atoms with Crippen molar-refractivity contribution in [1.29, 1.82) is 0 Å². The van der Waals surface area contributed by atoms with E-state index < -0.39 is 10.8 Å². The van der Waals surface area contributed by atoms with Crippen molar-refractivity contribution in [2.24, 2.45) is 0 Å². The second-order valence-electron chi connectivity index (χ2n) is 2.89. The summed E-state index contributed by atoms with van der Waals surface area (Å²) in [5.41, 5.74) is 0. The maximum absolute atomic E-state index is 10.9. The van der Waals surface area contributed by atoms with E-state index in [9.17, 15) is 9.00 Å². The number of nitrogens with one attached hydrogen (secondary N) is 1. The first-order chi connectivity index (χ1) is 6.07. The lowest BCUT2D eigenvalue weighted by atomic mass is 10.3. The molecule has 0 radical (unpaired) electrons. The molecule has 3 nitrogen and oxygen atoms in total. The number of allylic oxidation sites excluding steroid dienone is 1. The number of carbonyl (C=O) groups is 1. The summed E-state index contributed by atoms with van der Waals surface area (Å²) in [4.78, 5) is 10.9. The Morgan fingerprint density at radius 3 is 2.69 bits per heavy atom. The Balaban J connectivity index is 3.56. The van der Waals surface area contributed by atoms with E-state index in [2.05, 4.69) is 5.32 Å². The van der Waals surface area contributed by atoms with E-state index in [1.165, 1.54) is 6.08 Å². The zero-order valence-corrected chi connectivity index (χ0v) is 9.19. The highest BCUT2D eigenvalue weighted by Gasteiger charge is 2.05. The Kier molecular flexibility index (Phi) is 6.49. The number of rotatable bonds is 5. The highest BCUT2D eigenvalue weighted by atomic mass is 32.2. The van der Waals surface area contributed by atoms with Gasteiger partial charge in [-0.1, -0.05) is 13.0 Å². The van der Waals surface area contributed by atoms with Crippen molar-refractivity contribution in [1.82, 2.24) is 5.32 Å². The van der Waals surface area contributed by atoms with Gasteiger partial charge in [-0.05, 0) is 19.4 Å². The maximum Gasteiger partial charge on any atom is 0.243 e. The molecule has 13 heavy (non-hydrogen) atoms. The third kappa shape index (κ3) is 6.51. The van der Waals surface area contributed by atoms with E-state index in [0.29, 0.717) is 6.54 Å². The molecular formula is C9H17NO2S. The van der Waals surface area contributed by atoms with Gasteiger partial charge in [0, 0.05) is 28.9 Å². The van der Waals surface area contributed by atoms with Crippen LogP contribution in [-0.2, 0) is 15.6 Å². The number of carbonyl (C=O) groups excluding carboxylic acids is 1. The average molecular weight is 203 g/mol. The van der Waals surface area contributed by atoms with E-state index in [4.69, 9.17) is 0 Å². The quantitative estimate of drug-likeness (QED) is 0.673. The van der Waals surface area contributed by atoms with Crippen LogP contribution in [-0.4, -0.2) is 28.2 Å². The minimum absolute atomic E-state index is 0.0865. The fraction of sp³-hybridized carbons (Fsp3) is 0.667. The van der Waals surface area contributed by atoms with Crippen LogP contribution < -0.4 is 5.32 Å². The number of hydrogen-bond acceptors (Lipinski definition) is 2. The molecule has 0 spiro atoms. The van der Waals surface area contributed by atoms with Gasteiger partial charge >= 0.3 is 0 Å². The highest BCUT2D eigenvalue weighted by Crippen LogP contribution is 1.96. The zero-order valence-electron chi connectivity index (χ0n) is 8.37. The summed E-state index contributed by atoms with van der Waals surface area (Å²) in [5, 5.41) is 2.85. The lowest BCUT2D eigenvalue weighted by Crippen LogP contribution is -2.25. The Morgan fingerprint density at radius 2 is 2.23 bits per heavy atom. The lowest BCUT2D eigenvalue weighted by molar-refractivity contribution is -0.116. The summed E-state index contributed by atoms with van der Waals surface area (Å²) in [6.07, 6.45) is 5.61. The number of amides is 1. The summed E-state index contributed by atoms with van der Waals surface area (Å²) in [6.45, 7) is 4.30. The molecular weight excluding hydrogens is 186 g/mol. The van der Waals surface area contributed by atoms with Crippen LogP contribution in [0.4, 0.5) is 0 Å². The van der Waals surface area contributed by atoms with Crippen LogP contribution in [0.2, 0.25) is 0 Å². The Morgan fingerprint density at radius 1 is 1.62 bits per heavy atom. The summed E-state index contributed by atoms with van der Waals surface area (Å²) in [5.74, 6) is -0.0865. The summed E-state index contributed by atoms with van der Waals surface area (Å²) >= 11 is 0. The zero-order chi connectivity index (χ0) is 10.3. The molecule has 76 valence electrons. The first kappa shape index (κ1) is 12.4. The third-order valence-electron chi connectivity index (χ3n) is 1.73. The van der Waals surface area contributed by atoms with Crippen LogP contribution in [0.3, 0.4) is 0 Å². The third-order valence-corrected chi connectivity index (χ3v) is 3.10. The summed E-state index contributed by atoms with van der Waals surface area (Å²) in [6, 6.07) is 0. The van der Waals surface area contributed by atoms with Crippen molar-refractivity contribution in [3.05, 3.63) is 12.2 Å². The Hall–Kier alpha value is -0.640. The molecule has 0 aromatic rings. The van der Waals surface area contributed by atoms with Crippen LogP contribution >= 0.6 is 0 Å². The fourth-order valence-electron chi connectivity index (χ4n) is 0.775. The van der Waals surface area contributed by atoms with E-state index in [1.807, 2.05) is 6.92 Å². The normalized spacial score (nSPS) is 15.6. The minimum Gasteiger partial charge on any atom is -0.353 e. The second kappa shape index (κ2) is 6.83. The van der Waals surface area contributed by atoms with Crippen molar-refractivity contribution < 1.29 is 9.00 Å². The van der Waals surface area contributed by atoms with Crippen LogP contribution in [0.15, 0.2) is 12.2 Å². The molecule has 4 heteroatoms. The van der Waals surface area contributed by atoms with Gasteiger partial charge in [0.1, 0.15) is 0 Å². The molecule has 0 saturated carbocycles. The molecule has 0 aliphatic heterocycles. The minimum atomic E-state index is -0.798. The van der Waals surface area contributed by atoms with Gasteiger partial charge in [0.15, 0.2) is 0 Å². The largest absolute Gasteiger partial charge is 0.353 e. The van der Waals surface area contributed by atoms with Gasteiger partial charge in [0.05, 0.1) is 0 Å². The van der Waals surface area contributed by atoms with Crippen molar-refractivity contribution in [2.45, 2.75) is 25.5 Å². The molecule has 0 aromatic heterocycles. The molecule has 0 aliphatic rings. The Labute approximate surface area is 82.1 Å². The molecule has 1 N–H and O–H groups in total. The van der Waals surface area contributed by atoms with Gasteiger partial charge in [0.2, 0.25) is 5.91 Å². The molecule has 1 amide bonds. The van der Waals surface area contributed by atoms with Gasteiger partial charge in [0.25, 0.3) is 0 Å². The van der Waals surface area contributed by atoms with Gasteiger partial charge < -0.3 is 5.32 Å². The van der Waals surface area contributed by atoms with Crippen LogP contribution in [0.5, 0.6) is 0 Å². The van der Waals surface area contributed by atoms with Gasteiger partial charge in [-0.15, -0.1) is 0 Å². The average Bonchev–Trinajstić information content (AvgIpc) is 2.04. The fourth-order valence-corrected chi connectivity index (χ4v) is 1.22. The smallest absolute Gasteiger partial charge is 0.243 e. The molecule has 2 atom stereocenters. The molecule has 0 aromatic carbocycles. The Bertz CT molecular complexity index is 214. The predicted octanol–water partition coefficient (Wildman–Crippen LogP) is 0.836. The predicted molar refractivity (Wildman–Crippen MR) is 56.0 cm³/mol. The topological polar surface area (TPSA) is 46.2 Å². The molecule has 0 heterocycles. The van der Waals surface area contributed by atoms with E-state index in [-0.39, 0.29) is 11.2 Å². The van der Waals surface area contributed by atoms with Crippen molar-refractivity contribution in [2.75, 3.05) is 12.8 Å². The monoisotopic (exact) mass is 203 g/mol. The second-order valence-corrected chi connectivity index (χ2v) is 4.69. The van der Waals surface area contributed by atoms with Crippen LogP contribution in [0.25, 0.3) is 0 Å². The van der Waals surface area contributed by atoms with Gasteiger partial charge in [-0.2, -0.15) is 0 Å². The van der Waals surface area contributed by atoms with Gasteiger partial charge in [-0.25, -0.2) is 0 Å². The molecule has 2 unspecified atom stereocenters. The first-order valence-electron chi connectivity index (χ1n) is 4.30. The van der Waals surface area contributed by atoms with E-state index >= 15 is 0 Å². The number of hydrogen-bond donors (Lipinski definition) is 1. The SMILES string of the molecule is C/C=C/C(=O)NCCC(C)S(C)=O. The standard InChI is InChI=1S/C9H17NO2S/c1-4-5-9(11)10-7-6-8(2)13(3)12/h4-5,8H,6-7H2,1-3H3,(H,10,11)/b5-4+. The lowest BCUT2D eigenvalue weighted by Gasteiger charge is -2.07. The van der Waals surface area contributed by atoms with Crippen LogP contribution in [0.1, 0.15) is 20.3 Å². The van der Waals surface area contributed by atoms with Crippen LogP contribution in [0, 0.1) is 0 Å². The molecule has 0 fully saturated rings. The highest BCUT2D eigenvalue weighted by molar-refractivity contribution is 7.84. The molecule has 0 rings (SSSR count). The summed E-state index contributed by atoms with van der Waals surface area (Å²) in [7, 11) is -0.798.